The summed E-state index contributed by atoms with van der Waals surface area (Å²) >= 11 is 0. The van der Waals surface area contributed by atoms with E-state index in [1.54, 1.807) is 13.2 Å². The summed E-state index contributed by atoms with van der Waals surface area (Å²) in [7, 11) is 1.59. The lowest BCUT2D eigenvalue weighted by atomic mass is 10.1. The van der Waals surface area contributed by atoms with Crippen LogP contribution in [0.4, 0.5) is 0 Å². The fourth-order valence-corrected chi connectivity index (χ4v) is 1.99. The molecule has 0 aromatic heterocycles. The van der Waals surface area contributed by atoms with E-state index >= 15 is 0 Å². The normalized spacial score (nSPS) is 12.1. The molecule has 0 fully saturated rings. The maximum atomic E-state index is 9.97. The van der Waals surface area contributed by atoms with E-state index < -0.39 is 0 Å². The van der Waals surface area contributed by atoms with E-state index in [1.807, 2.05) is 37.3 Å². The number of nitrogens with one attached hydrogen (secondary N) is 1. The number of hydrogen-bond donors (Lipinski definition) is 2. The van der Waals surface area contributed by atoms with Gasteiger partial charge in [0.05, 0.1) is 7.11 Å². The SMILES string of the molecule is COc1ccc(C(C)NCc2ccccc2)c(O)c1. The van der Waals surface area contributed by atoms with Crippen LogP contribution in [0.2, 0.25) is 0 Å². The molecule has 100 valence electrons. The van der Waals surface area contributed by atoms with Gasteiger partial charge in [-0.05, 0) is 18.6 Å². The molecule has 2 aromatic carbocycles. The zero-order valence-corrected chi connectivity index (χ0v) is 11.3. The maximum Gasteiger partial charge on any atom is 0.124 e. The number of methoxy groups -OCH3 is 1. The number of phenolic OH excluding ortho intramolecular Hbond substituents is 1. The van der Waals surface area contributed by atoms with Gasteiger partial charge in [-0.25, -0.2) is 0 Å². The Morgan fingerprint density at radius 1 is 1.16 bits per heavy atom. The summed E-state index contributed by atoms with van der Waals surface area (Å²) in [6, 6.07) is 15.6. The summed E-state index contributed by atoms with van der Waals surface area (Å²) < 4.78 is 5.08. The lowest BCUT2D eigenvalue weighted by Gasteiger charge is -2.16. The molecule has 0 aliphatic heterocycles. The van der Waals surface area contributed by atoms with Crippen molar-refractivity contribution in [1.29, 1.82) is 0 Å². The third-order valence-electron chi connectivity index (χ3n) is 3.16. The lowest BCUT2D eigenvalue weighted by molar-refractivity contribution is 0.404. The van der Waals surface area contributed by atoms with Gasteiger partial charge >= 0.3 is 0 Å². The molecule has 0 spiro atoms. The summed E-state index contributed by atoms with van der Waals surface area (Å²) in [5, 5.41) is 13.4. The minimum Gasteiger partial charge on any atom is -0.507 e. The van der Waals surface area contributed by atoms with Crippen LogP contribution in [0.5, 0.6) is 11.5 Å². The Hall–Kier alpha value is -2.00. The lowest BCUT2D eigenvalue weighted by Crippen LogP contribution is -2.18. The molecular formula is C16H19NO2. The van der Waals surface area contributed by atoms with Crippen molar-refractivity contribution < 1.29 is 9.84 Å². The number of phenols is 1. The second-order valence-corrected chi connectivity index (χ2v) is 4.51. The molecule has 1 unspecified atom stereocenters. The first-order valence-electron chi connectivity index (χ1n) is 6.35. The predicted molar refractivity (Wildman–Crippen MR) is 76.4 cm³/mol. The van der Waals surface area contributed by atoms with Crippen LogP contribution < -0.4 is 10.1 Å². The van der Waals surface area contributed by atoms with Crippen LogP contribution in [-0.2, 0) is 6.54 Å². The van der Waals surface area contributed by atoms with Gasteiger partial charge < -0.3 is 15.2 Å². The van der Waals surface area contributed by atoms with Crippen LogP contribution in [0.3, 0.4) is 0 Å². The Kier molecular flexibility index (Phi) is 4.42. The minimum absolute atomic E-state index is 0.0751. The average molecular weight is 257 g/mol. The maximum absolute atomic E-state index is 9.97. The number of ether oxygens (including phenoxy) is 1. The first-order valence-corrected chi connectivity index (χ1v) is 6.35. The fraction of sp³-hybridized carbons (Fsp3) is 0.250. The minimum atomic E-state index is 0.0751. The molecule has 3 heteroatoms. The molecule has 0 saturated heterocycles. The van der Waals surface area contributed by atoms with Gasteiger partial charge in [-0.3, -0.25) is 0 Å². The van der Waals surface area contributed by atoms with Crippen LogP contribution >= 0.6 is 0 Å². The van der Waals surface area contributed by atoms with Crippen molar-refractivity contribution >= 4 is 0 Å². The number of aromatic hydroxyl groups is 1. The van der Waals surface area contributed by atoms with Gasteiger partial charge in [0, 0.05) is 24.2 Å². The van der Waals surface area contributed by atoms with Gasteiger partial charge in [-0.2, -0.15) is 0 Å². The van der Waals surface area contributed by atoms with Crippen LogP contribution in [0, 0.1) is 0 Å². The summed E-state index contributed by atoms with van der Waals surface area (Å²) in [6.45, 7) is 2.80. The first-order chi connectivity index (χ1) is 9.20. The highest BCUT2D eigenvalue weighted by atomic mass is 16.5. The Bertz CT molecular complexity index is 526. The molecular weight excluding hydrogens is 238 g/mol. The summed E-state index contributed by atoms with van der Waals surface area (Å²) in [5.41, 5.74) is 2.10. The Balaban J connectivity index is 2.02. The van der Waals surface area contributed by atoms with Gasteiger partial charge in [0.25, 0.3) is 0 Å². The van der Waals surface area contributed by atoms with Crippen LogP contribution in [0.15, 0.2) is 48.5 Å². The zero-order chi connectivity index (χ0) is 13.7. The predicted octanol–water partition coefficient (Wildman–Crippen LogP) is 3.25. The molecule has 0 heterocycles. The molecule has 2 N–H and O–H groups in total. The quantitative estimate of drug-likeness (QED) is 0.864. The van der Waals surface area contributed by atoms with Gasteiger partial charge in [0.15, 0.2) is 0 Å². The van der Waals surface area contributed by atoms with E-state index in [2.05, 4.69) is 17.4 Å². The fourth-order valence-electron chi connectivity index (χ4n) is 1.99. The van der Waals surface area contributed by atoms with Crippen LogP contribution in [-0.4, -0.2) is 12.2 Å². The van der Waals surface area contributed by atoms with Crippen molar-refractivity contribution in [2.24, 2.45) is 0 Å². The highest BCUT2D eigenvalue weighted by molar-refractivity contribution is 5.41. The van der Waals surface area contributed by atoms with Crippen molar-refractivity contribution in [1.82, 2.24) is 5.32 Å². The van der Waals surface area contributed by atoms with Gasteiger partial charge in [0.1, 0.15) is 11.5 Å². The highest BCUT2D eigenvalue weighted by Gasteiger charge is 2.10. The van der Waals surface area contributed by atoms with Crippen molar-refractivity contribution in [3.63, 3.8) is 0 Å². The summed E-state index contributed by atoms with van der Waals surface area (Å²) in [5.74, 6) is 0.920. The molecule has 2 rings (SSSR count). The summed E-state index contributed by atoms with van der Waals surface area (Å²) in [4.78, 5) is 0. The molecule has 19 heavy (non-hydrogen) atoms. The van der Waals surface area contributed by atoms with E-state index in [-0.39, 0.29) is 11.8 Å². The van der Waals surface area contributed by atoms with E-state index in [0.29, 0.717) is 5.75 Å². The molecule has 3 nitrogen and oxygen atoms in total. The molecule has 0 bridgehead atoms. The number of benzene rings is 2. The average Bonchev–Trinajstić information content (AvgIpc) is 2.45. The van der Waals surface area contributed by atoms with E-state index in [0.717, 1.165) is 12.1 Å². The third kappa shape index (κ3) is 3.48. The van der Waals surface area contributed by atoms with E-state index in [1.165, 1.54) is 5.56 Å². The van der Waals surface area contributed by atoms with Crippen molar-refractivity contribution in [2.45, 2.75) is 19.5 Å². The Morgan fingerprint density at radius 3 is 2.53 bits per heavy atom. The second kappa shape index (κ2) is 6.25. The molecule has 0 aliphatic carbocycles. The first kappa shape index (κ1) is 13.4. The zero-order valence-electron chi connectivity index (χ0n) is 11.3. The van der Waals surface area contributed by atoms with Crippen molar-refractivity contribution in [3.05, 3.63) is 59.7 Å². The molecule has 2 aromatic rings. The molecule has 0 radical (unpaired) electrons. The molecule has 0 saturated carbocycles. The largest absolute Gasteiger partial charge is 0.507 e. The third-order valence-corrected chi connectivity index (χ3v) is 3.16. The monoisotopic (exact) mass is 257 g/mol. The second-order valence-electron chi connectivity index (χ2n) is 4.51. The molecule has 1 atom stereocenters. The van der Waals surface area contributed by atoms with Gasteiger partial charge in [-0.1, -0.05) is 36.4 Å². The smallest absolute Gasteiger partial charge is 0.124 e. The van der Waals surface area contributed by atoms with Crippen molar-refractivity contribution in [2.75, 3.05) is 7.11 Å². The topological polar surface area (TPSA) is 41.5 Å². The summed E-state index contributed by atoms with van der Waals surface area (Å²) in [6.07, 6.45) is 0. The van der Waals surface area contributed by atoms with Gasteiger partial charge in [0.2, 0.25) is 0 Å². The molecule has 0 aliphatic rings. The van der Waals surface area contributed by atoms with Crippen molar-refractivity contribution in [3.8, 4) is 11.5 Å². The number of rotatable bonds is 5. The Morgan fingerprint density at radius 2 is 1.89 bits per heavy atom. The Labute approximate surface area is 113 Å². The van der Waals surface area contributed by atoms with Crippen LogP contribution in [0.25, 0.3) is 0 Å². The van der Waals surface area contributed by atoms with E-state index in [4.69, 9.17) is 4.74 Å². The van der Waals surface area contributed by atoms with E-state index in [9.17, 15) is 5.11 Å². The highest BCUT2D eigenvalue weighted by Crippen LogP contribution is 2.28. The van der Waals surface area contributed by atoms with Crippen LogP contribution in [0.1, 0.15) is 24.1 Å². The standard InChI is InChI=1S/C16H19NO2/c1-12(17-11-13-6-4-3-5-7-13)15-9-8-14(19-2)10-16(15)18/h3-10,12,17-18H,11H2,1-2H3. The number of hydrogen-bond acceptors (Lipinski definition) is 3. The molecule has 0 amide bonds. The van der Waals surface area contributed by atoms with Gasteiger partial charge in [-0.15, -0.1) is 0 Å².